The summed E-state index contributed by atoms with van der Waals surface area (Å²) in [5, 5.41) is 9.95. The van der Waals surface area contributed by atoms with Crippen LogP contribution >= 0.6 is 0 Å². The van der Waals surface area contributed by atoms with Gasteiger partial charge in [-0.25, -0.2) is 4.98 Å². The quantitative estimate of drug-likeness (QED) is 0.803. The second-order valence-corrected chi connectivity index (χ2v) is 4.45. The summed E-state index contributed by atoms with van der Waals surface area (Å²) in [5.74, 6) is 0.858. The Morgan fingerprint density at radius 3 is 2.75 bits per heavy atom. The summed E-state index contributed by atoms with van der Waals surface area (Å²) in [6.07, 6.45) is 0.467. The zero-order valence-electron chi connectivity index (χ0n) is 9.64. The van der Waals surface area contributed by atoms with Crippen molar-refractivity contribution >= 4 is 11.0 Å². The number of rotatable bonds is 3. The van der Waals surface area contributed by atoms with E-state index >= 15 is 0 Å². The molecule has 4 nitrogen and oxygen atoms in total. The molecule has 0 bridgehead atoms. The molecule has 86 valence electrons. The number of benzene rings is 1. The van der Waals surface area contributed by atoms with Crippen LogP contribution in [0.1, 0.15) is 12.7 Å². The van der Waals surface area contributed by atoms with Crippen molar-refractivity contribution in [2.24, 2.45) is 12.8 Å². The van der Waals surface area contributed by atoms with Crippen molar-refractivity contribution in [3.63, 3.8) is 0 Å². The largest absolute Gasteiger partial charge is 0.388 e. The number of aliphatic hydroxyl groups is 1. The first-order valence-corrected chi connectivity index (χ1v) is 5.36. The molecule has 1 aromatic heterocycles. The summed E-state index contributed by atoms with van der Waals surface area (Å²) in [7, 11) is 1.96. The Bertz CT molecular complexity index is 502. The highest BCUT2D eigenvalue weighted by Gasteiger charge is 2.21. The molecule has 3 N–H and O–H groups in total. The van der Waals surface area contributed by atoms with E-state index in [1.165, 1.54) is 0 Å². The van der Waals surface area contributed by atoms with Crippen LogP contribution in [0.25, 0.3) is 11.0 Å². The molecule has 0 saturated heterocycles. The van der Waals surface area contributed by atoms with Gasteiger partial charge in [-0.05, 0) is 19.1 Å². The summed E-state index contributed by atoms with van der Waals surface area (Å²) in [4.78, 5) is 4.49. The van der Waals surface area contributed by atoms with E-state index in [0.29, 0.717) is 6.42 Å². The van der Waals surface area contributed by atoms with Gasteiger partial charge in [-0.1, -0.05) is 12.1 Å². The lowest BCUT2D eigenvalue weighted by atomic mass is 10.0. The first-order chi connectivity index (χ1) is 7.53. The maximum Gasteiger partial charge on any atom is 0.112 e. The van der Waals surface area contributed by atoms with Crippen molar-refractivity contribution in [3.05, 3.63) is 30.1 Å². The first kappa shape index (κ1) is 11.1. The number of fused-ring (bicyclic) bond motifs is 1. The minimum absolute atomic E-state index is 0.232. The van der Waals surface area contributed by atoms with Crippen molar-refractivity contribution in [2.45, 2.75) is 18.9 Å². The molecule has 1 atom stereocenters. The van der Waals surface area contributed by atoms with Gasteiger partial charge in [-0.3, -0.25) is 0 Å². The minimum Gasteiger partial charge on any atom is -0.388 e. The number of para-hydroxylation sites is 2. The van der Waals surface area contributed by atoms with E-state index in [0.717, 1.165) is 16.9 Å². The van der Waals surface area contributed by atoms with E-state index < -0.39 is 5.60 Å². The maximum atomic E-state index is 9.95. The second kappa shape index (κ2) is 3.88. The number of aromatic nitrogens is 2. The zero-order chi connectivity index (χ0) is 11.8. The zero-order valence-corrected chi connectivity index (χ0v) is 9.64. The van der Waals surface area contributed by atoms with Crippen molar-refractivity contribution in [1.82, 2.24) is 9.55 Å². The molecule has 2 rings (SSSR count). The van der Waals surface area contributed by atoms with Gasteiger partial charge in [0, 0.05) is 20.0 Å². The van der Waals surface area contributed by atoms with Gasteiger partial charge in [0.1, 0.15) is 5.82 Å². The topological polar surface area (TPSA) is 64.1 Å². The molecule has 4 heteroatoms. The molecule has 1 heterocycles. The third-order valence-corrected chi connectivity index (χ3v) is 2.86. The fourth-order valence-corrected chi connectivity index (χ4v) is 1.77. The predicted molar refractivity (Wildman–Crippen MR) is 64.1 cm³/mol. The lowest BCUT2D eigenvalue weighted by Gasteiger charge is -2.20. The average molecular weight is 219 g/mol. The molecule has 0 radical (unpaired) electrons. The van der Waals surface area contributed by atoms with Gasteiger partial charge >= 0.3 is 0 Å². The standard InChI is InChI=1S/C12H17N3O/c1-12(16,8-13)7-11-14-9-5-3-4-6-10(9)15(11)2/h3-6,16H,7-8,13H2,1-2H3. The van der Waals surface area contributed by atoms with Gasteiger partial charge in [-0.2, -0.15) is 0 Å². The van der Waals surface area contributed by atoms with Crippen LogP contribution in [0.5, 0.6) is 0 Å². The molecule has 1 aromatic carbocycles. The van der Waals surface area contributed by atoms with Crippen molar-refractivity contribution in [3.8, 4) is 0 Å². The molecule has 1 unspecified atom stereocenters. The van der Waals surface area contributed by atoms with Gasteiger partial charge in [0.25, 0.3) is 0 Å². The smallest absolute Gasteiger partial charge is 0.112 e. The fraction of sp³-hybridized carbons (Fsp3) is 0.417. The average Bonchev–Trinajstić information content (AvgIpc) is 2.56. The SMILES string of the molecule is Cn1c(CC(C)(O)CN)nc2ccccc21. The summed E-state index contributed by atoms with van der Waals surface area (Å²) in [6, 6.07) is 7.92. The van der Waals surface area contributed by atoms with Gasteiger partial charge in [0.15, 0.2) is 0 Å². The van der Waals surface area contributed by atoms with Crippen molar-refractivity contribution in [2.75, 3.05) is 6.54 Å². The molecule has 0 saturated carbocycles. The van der Waals surface area contributed by atoms with Crippen LogP contribution in [0.3, 0.4) is 0 Å². The lowest BCUT2D eigenvalue weighted by Crippen LogP contribution is -2.37. The van der Waals surface area contributed by atoms with Gasteiger partial charge < -0.3 is 15.4 Å². The van der Waals surface area contributed by atoms with Gasteiger partial charge in [0.05, 0.1) is 16.6 Å². The molecule has 16 heavy (non-hydrogen) atoms. The number of aryl methyl sites for hydroxylation is 1. The molecule has 0 aliphatic rings. The molecule has 0 amide bonds. The highest BCUT2D eigenvalue weighted by molar-refractivity contribution is 5.75. The number of nitrogens with zero attached hydrogens (tertiary/aromatic N) is 2. The maximum absolute atomic E-state index is 9.95. The second-order valence-electron chi connectivity index (χ2n) is 4.45. The fourth-order valence-electron chi connectivity index (χ4n) is 1.77. The van der Waals surface area contributed by atoms with Crippen LogP contribution in [0.4, 0.5) is 0 Å². The molecule has 0 aliphatic heterocycles. The minimum atomic E-state index is -0.894. The van der Waals surface area contributed by atoms with E-state index in [1.807, 2.05) is 35.9 Å². The molecule has 0 fully saturated rings. The molecular formula is C12H17N3O. The number of hydrogen-bond donors (Lipinski definition) is 2. The Labute approximate surface area is 94.7 Å². The highest BCUT2D eigenvalue weighted by Crippen LogP contribution is 2.17. The first-order valence-electron chi connectivity index (χ1n) is 5.36. The van der Waals surface area contributed by atoms with Crippen LogP contribution in [0.2, 0.25) is 0 Å². The molecule has 2 aromatic rings. The highest BCUT2D eigenvalue weighted by atomic mass is 16.3. The predicted octanol–water partition coefficient (Wildman–Crippen LogP) is 0.826. The Balaban J connectivity index is 2.42. The van der Waals surface area contributed by atoms with E-state index in [1.54, 1.807) is 6.92 Å². The van der Waals surface area contributed by atoms with Crippen LogP contribution in [0.15, 0.2) is 24.3 Å². The van der Waals surface area contributed by atoms with Crippen molar-refractivity contribution < 1.29 is 5.11 Å². The number of imidazole rings is 1. The molecule has 0 spiro atoms. The summed E-state index contributed by atoms with van der Waals surface area (Å²) in [6.45, 7) is 1.96. The number of nitrogens with two attached hydrogens (primary N) is 1. The van der Waals surface area contributed by atoms with E-state index in [-0.39, 0.29) is 6.54 Å². The van der Waals surface area contributed by atoms with E-state index in [2.05, 4.69) is 4.98 Å². The summed E-state index contributed by atoms with van der Waals surface area (Å²) in [5.41, 5.74) is 6.64. The Kier molecular flexibility index (Phi) is 2.69. The normalized spacial score (nSPS) is 15.2. The van der Waals surface area contributed by atoms with Crippen molar-refractivity contribution in [1.29, 1.82) is 0 Å². The Hall–Kier alpha value is -1.39. The van der Waals surface area contributed by atoms with Gasteiger partial charge in [0.2, 0.25) is 0 Å². The Morgan fingerprint density at radius 2 is 2.12 bits per heavy atom. The third-order valence-electron chi connectivity index (χ3n) is 2.86. The van der Waals surface area contributed by atoms with E-state index in [4.69, 9.17) is 5.73 Å². The molecule has 0 aliphatic carbocycles. The summed E-state index contributed by atoms with van der Waals surface area (Å²) < 4.78 is 2.00. The van der Waals surface area contributed by atoms with Crippen LogP contribution < -0.4 is 5.73 Å². The lowest BCUT2D eigenvalue weighted by molar-refractivity contribution is 0.0670. The monoisotopic (exact) mass is 219 g/mol. The van der Waals surface area contributed by atoms with E-state index in [9.17, 15) is 5.11 Å². The van der Waals surface area contributed by atoms with Crippen LogP contribution in [0, 0.1) is 0 Å². The third kappa shape index (κ3) is 1.94. The van der Waals surface area contributed by atoms with Crippen LogP contribution in [-0.2, 0) is 13.5 Å². The van der Waals surface area contributed by atoms with Gasteiger partial charge in [-0.15, -0.1) is 0 Å². The summed E-state index contributed by atoms with van der Waals surface area (Å²) >= 11 is 0. The molecular weight excluding hydrogens is 202 g/mol. The van der Waals surface area contributed by atoms with Crippen LogP contribution in [-0.4, -0.2) is 26.8 Å². The number of hydrogen-bond acceptors (Lipinski definition) is 3. The Morgan fingerprint density at radius 1 is 1.44 bits per heavy atom.